The van der Waals surface area contributed by atoms with Gasteiger partial charge in [0.1, 0.15) is 11.6 Å². The van der Waals surface area contributed by atoms with Crippen LogP contribution in [0.1, 0.15) is 87.4 Å². The lowest BCUT2D eigenvalue weighted by molar-refractivity contribution is -0.139. The number of carboxylic acids is 1. The van der Waals surface area contributed by atoms with E-state index in [2.05, 4.69) is 20.9 Å². The molecular formula is C36H44N4O6. The van der Waals surface area contributed by atoms with E-state index in [0.29, 0.717) is 18.8 Å². The molecule has 2 fully saturated rings. The molecule has 0 radical (unpaired) electrons. The Hall–Kier alpha value is -4.34. The van der Waals surface area contributed by atoms with E-state index in [4.69, 9.17) is 9.84 Å². The highest BCUT2D eigenvalue weighted by Gasteiger charge is 2.42. The highest BCUT2D eigenvalue weighted by atomic mass is 16.6. The van der Waals surface area contributed by atoms with E-state index in [1.54, 1.807) is 6.92 Å². The molecule has 2 bridgehead atoms. The summed E-state index contributed by atoms with van der Waals surface area (Å²) in [5, 5.41) is 19.2. The third kappa shape index (κ3) is 7.06. The average Bonchev–Trinajstić information content (AvgIpc) is 3.44. The van der Waals surface area contributed by atoms with Crippen LogP contribution in [0.3, 0.4) is 0 Å². The number of aromatic amines is 1. The first-order chi connectivity index (χ1) is 22.2. The molecule has 5 N–H and O–H groups in total. The van der Waals surface area contributed by atoms with Gasteiger partial charge in [0.2, 0.25) is 11.8 Å². The molecule has 2 saturated carbocycles. The summed E-state index contributed by atoms with van der Waals surface area (Å²) in [4.78, 5) is 55.1. The number of rotatable bonds is 10. The number of alkyl carbamates (subject to hydrolysis) is 1. The summed E-state index contributed by atoms with van der Waals surface area (Å²) < 4.78 is 6.04. The largest absolute Gasteiger partial charge is 0.481 e. The number of amides is 3. The standard InChI is InChI=1S/C36H44N4O6/c1-36(20-25-21-37-28-12-5-4-10-26(25)28,40-35(45)46-30-16-13-22-7-6-9-24(30)19-22)34(44)38-29-15-14-23-8-2-3-11-27(23)33(29)39-31(41)17-18-32(42)43/h2-5,8,10-12,21-22,24,29-30,33,37H,6-7,9,13-20H2,1H3,(H,38,44)(H,39,41)(H,40,45)(H,42,43). The summed E-state index contributed by atoms with van der Waals surface area (Å²) in [6.07, 6.45) is 8.62. The van der Waals surface area contributed by atoms with Crippen molar-refractivity contribution in [3.8, 4) is 0 Å². The number of ether oxygens (including phenoxy) is 1. The number of aromatic nitrogens is 1. The van der Waals surface area contributed by atoms with E-state index in [1.165, 1.54) is 6.42 Å². The molecule has 3 amide bonds. The first-order valence-electron chi connectivity index (χ1n) is 16.6. The van der Waals surface area contributed by atoms with Crippen molar-refractivity contribution in [2.24, 2.45) is 11.8 Å². The van der Waals surface area contributed by atoms with E-state index >= 15 is 0 Å². The zero-order valence-corrected chi connectivity index (χ0v) is 26.3. The maximum atomic E-state index is 14.4. The molecule has 3 aliphatic rings. The molecular weight excluding hydrogens is 584 g/mol. The number of para-hydroxylation sites is 1. The van der Waals surface area contributed by atoms with E-state index < -0.39 is 35.6 Å². The van der Waals surface area contributed by atoms with Gasteiger partial charge in [-0.05, 0) is 80.0 Å². The van der Waals surface area contributed by atoms with Gasteiger partial charge in [-0.15, -0.1) is 0 Å². The lowest BCUT2D eigenvalue weighted by atomic mass is 9.71. The highest BCUT2D eigenvalue weighted by molar-refractivity contribution is 5.92. The number of carboxylic acid groups (broad SMARTS) is 1. The van der Waals surface area contributed by atoms with Crippen molar-refractivity contribution in [2.75, 3.05) is 0 Å². The van der Waals surface area contributed by atoms with E-state index in [0.717, 1.165) is 65.6 Å². The van der Waals surface area contributed by atoms with Gasteiger partial charge in [-0.3, -0.25) is 14.4 Å². The quantitative estimate of drug-likeness (QED) is 0.205. The van der Waals surface area contributed by atoms with Gasteiger partial charge in [-0.2, -0.15) is 0 Å². The minimum atomic E-state index is -1.37. The number of hydrogen-bond acceptors (Lipinski definition) is 5. The number of benzene rings is 2. The predicted octanol–water partition coefficient (Wildman–Crippen LogP) is 5.32. The van der Waals surface area contributed by atoms with Gasteiger partial charge < -0.3 is 30.8 Å². The summed E-state index contributed by atoms with van der Waals surface area (Å²) in [7, 11) is 0. The Balaban J connectivity index is 1.24. The van der Waals surface area contributed by atoms with Crippen molar-refractivity contribution < 1.29 is 29.0 Å². The molecule has 6 atom stereocenters. The molecule has 6 unspecified atom stereocenters. The molecule has 2 aromatic carbocycles. The first kappa shape index (κ1) is 31.6. The molecule has 0 saturated heterocycles. The number of hydrogen-bond donors (Lipinski definition) is 5. The van der Waals surface area contributed by atoms with Crippen LogP contribution >= 0.6 is 0 Å². The second kappa shape index (κ2) is 13.6. The average molecular weight is 629 g/mol. The highest BCUT2D eigenvalue weighted by Crippen LogP contribution is 2.41. The SMILES string of the molecule is CC(Cc1c[nH]c2ccccc12)(NC(=O)OC1CCC2CCCC1C2)C(=O)NC1CCc2ccccc2C1NC(=O)CCC(=O)O. The van der Waals surface area contributed by atoms with Crippen LogP contribution in [0.5, 0.6) is 0 Å². The Kier molecular flexibility index (Phi) is 9.33. The Labute approximate surface area is 269 Å². The van der Waals surface area contributed by atoms with Crippen molar-refractivity contribution >= 4 is 34.8 Å². The molecule has 3 aliphatic carbocycles. The summed E-state index contributed by atoms with van der Waals surface area (Å²) in [6, 6.07) is 14.6. The number of aryl methyl sites for hydroxylation is 1. The van der Waals surface area contributed by atoms with Crippen molar-refractivity contribution in [3.63, 3.8) is 0 Å². The van der Waals surface area contributed by atoms with Crippen LogP contribution in [0, 0.1) is 11.8 Å². The van der Waals surface area contributed by atoms with Crippen LogP contribution in [-0.4, -0.2) is 51.7 Å². The molecule has 46 heavy (non-hydrogen) atoms. The van der Waals surface area contributed by atoms with Gasteiger partial charge in [0.15, 0.2) is 0 Å². The fourth-order valence-electron chi connectivity index (χ4n) is 7.84. The second-order valence-corrected chi connectivity index (χ2v) is 13.6. The van der Waals surface area contributed by atoms with Crippen LogP contribution < -0.4 is 16.0 Å². The molecule has 1 aromatic heterocycles. The van der Waals surface area contributed by atoms with E-state index in [-0.39, 0.29) is 31.3 Å². The molecule has 0 aliphatic heterocycles. The van der Waals surface area contributed by atoms with Gasteiger partial charge in [0, 0.05) is 29.9 Å². The van der Waals surface area contributed by atoms with Gasteiger partial charge in [0.25, 0.3) is 0 Å². The number of carbonyl (C=O) groups is 4. The molecule has 10 nitrogen and oxygen atoms in total. The maximum Gasteiger partial charge on any atom is 0.408 e. The van der Waals surface area contributed by atoms with Crippen LogP contribution in [0.15, 0.2) is 54.7 Å². The fraction of sp³-hybridized carbons (Fsp3) is 0.500. The Morgan fingerprint density at radius 1 is 0.957 bits per heavy atom. The predicted molar refractivity (Wildman–Crippen MR) is 173 cm³/mol. The summed E-state index contributed by atoms with van der Waals surface area (Å²) in [6.45, 7) is 1.72. The molecule has 6 rings (SSSR count). The number of nitrogens with one attached hydrogen (secondary N) is 4. The third-order valence-corrected chi connectivity index (χ3v) is 10.3. The maximum absolute atomic E-state index is 14.4. The summed E-state index contributed by atoms with van der Waals surface area (Å²) >= 11 is 0. The minimum absolute atomic E-state index is 0.155. The van der Waals surface area contributed by atoms with Crippen molar-refractivity contribution in [1.82, 2.24) is 20.9 Å². The monoisotopic (exact) mass is 628 g/mol. The first-order valence-corrected chi connectivity index (χ1v) is 16.6. The van der Waals surface area contributed by atoms with Crippen molar-refractivity contribution in [1.29, 1.82) is 0 Å². The van der Waals surface area contributed by atoms with Gasteiger partial charge in [0.05, 0.1) is 18.5 Å². The molecule has 1 heterocycles. The van der Waals surface area contributed by atoms with Gasteiger partial charge in [-0.25, -0.2) is 4.79 Å². The Bertz CT molecular complexity index is 1600. The van der Waals surface area contributed by atoms with E-state index in [9.17, 15) is 19.2 Å². The molecule has 3 aromatic rings. The van der Waals surface area contributed by atoms with Crippen molar-refractivity contribution in [2.45, 2.75) is 101 Å². The van der Waals surface area contributed by atoms with Crippen LogP contribution in [-0.2, 0) is 32.0 Å². The van der Waals surface area contributed by atoms with Crippen LogP contribution in [0.2, 0.25) is 0 Å². The van der Waals surface area contributed by atoms with Gasteiger partial charge in [-0.1, -0.05) is 55.3 Å². The zero-order valence-electron chi connectivity index (χ0n) is 26.3. The third-order valence-electron chi connectivity index (χ3n) is 10.3. The number of fused-ring (bicyclic) bond motifs is 4. The van der Waals surface area contributed by atoms with E-state index in [1.807, 2.05) is 54.7 Å². The molecule has 0 spiro atoms. The second-order valence-electron chi connectivity index (χ2n) is 13.6. The number of H-pyrrole nitrogens is 1. The van der Waals surface area contributed by atoms with Crippen LogP contribution in [0.4, 0.5) is 4.79 Å². The topological polar surface area (TPSA) is 150 Å². The Morgan fingerprint density at radius 3 is 2.61 bits per heavy atom. The fourth-order valence-corrected chi connectivity index (χ4v) is 7.84. The molecule has 244 valence electrons. The summed E-state index contributed by atoms with van der Waals surface area (Å²) in [5.74, 6) is -0.751. The Morgan fingerprint density at radius 2 is 1.76 bits per heavy atom. The minimum Gasteiger partial charge on any atom is -0.481 e. The summed E-state index contributed by atoms with van der Waals surface area (Å²) in [5.41, 5.74) is 2.40. The smallest absolute Gasteiger partial charge is 0.408 e. The lowest BCUT2D eigenvalue weighted by Crippen LogP contribution is -2.62. The number of aliphatic carboxylic acids is 1. The molecule has 10 heteroatoms. The number of carbonyl (C=O) groups excluding carboxylic acids is 3. The van der Waals surface area contributed by atoms with Crippen LogP contribution in [0.25, 0.3) is 10.9 Å². The zero-order chi connectivity index (χ0) is 32.3. The normalized spacial score (nSPS) is 25.0. The lowest BCUT2D eigenvalue weighted by Gasteiger charge is -2.40. The van der Waals surface area contributed by atoms with Crippen molar-refractivity contribution in [3.05, 3.63) is 71.4 Å². The van der Waals surface area contributed by atoms with Gasteiger partial charge >= 0.3 is 12.1 Å².